The van der Waals surface area contributed by atoms with E-state index in [0.717, 1.165) is 11.3 Å². The van der Waals surface area contributed by atoms with Gasteiger partial charge in [0.15, 0.2) is 0 Å². The zero-order valence-electron chi connectivity index (χ0n) is 11.1. The molecule has 0 aliphatic rings. The van der Waals surface area contributed by atoms with Crippen molar-refractivity contribution in [3.8, 4) is 5.88 Å². The molecule has 0 saturated carbocycles. The molecule has 1 aromatic heterocycles. The van der Waals surface area contributed by atoms with Crippen molar-refractivity contribution in [1.82, 2.24) is 4.98 Å². The van der Waals surface area contributed by atoms with Crippen LogP contribution in [-0.2, 0) is 11.3 Å². The lowest BCUT2D eigenvalue weighted by Gasteiger charge is -2.19. The maximum Gasteiger partial charge on any atom is 0.218 e. The molecule has 0 amide bonds. The quantitative estimate of drug-likeness (QED) is 0.798. The molecule has 4 heteroatoms. The molecule has 0 aliphatic heterocycles. The summed E-state index contributed by atoms with van der Waals surface area (Å²) in [5.74, 6) is 0.616. The van der Waals surface area contributed by atoms with Gasteiger partial charge in [0.25, 0.3) is 0 Å². The van der Waals surface area contributed by atoms with Crippen LogP contribution in [0.2, 0.25) is 0 Å². The zero-order chi connectivity index (χ0) is 12.9. The molecular weight excluding hydrogens is 216 g/mol. The van der Waals surface area contributed by atoms with Gasteiger partial charge in [-0.25, -0.2) is 4.98 Å². The maximum absolute atomic E-state index is 5.62. The van der Waals surface area contributed by atoms with Gasteiger partial charge in [0, 0.05) is 17.8 Å². The molecule has 0 aliphatic carbocycles. The van der Waals surface area contributed by atoms with Crippen LogP contribution in [0.5, 0.6) is 5.88 Å². The van der Waals surface area contributed by atoms with E-state index in [2.05, 4.69) is 4.98 Å². The van der Waals surface area contributed by atoms with Gasteiger partial charge >= 0.3 is 0 Å². The Morgan fingerprint density at radius 1 is 1.24 bits per heavy atom. The van der Waals surface area contributed by atoms with E-state index in [4.69, 9.17) is 15.2 Å². The topological polar surface area (TPSA) is 57.4 Å². The van der Waals surface area contributed by atoms with Crippen molar-refractivity contribution < 1.29 is 9.47 Å². The summed E-state index contributed by atoms with van der Waals surface area (Å²) >= 11 is 0. The Labute approximate surface area is 103 Å². The predicted molar refractivity (Wildman–Crippen MR) is 68.1 cm³/mol. The molecule has 0 bridgehead atoms. The van der Waals surface area contributed by atoms with Crippen LogP contribution in [0.15, 0.2) is 12.1 Å². The summed E-state index contributed by atoms with van der Waals surface area (Å²) in [5, 5.41) is 0. The first-order valence-corrected chi connectivity index (χ1v) is 5.86. The Morgan fingerprint density at radius 3 is 2.53 bits per heavy atom. The summed E-state index contributed by atoms with van der Waals surface area (Å²) in [5.41, 5.74) is 7.33. The van der Waals surface area contributed by atoms with Crippen LogP contribution in [0, 0.1) is 6.92 Å². The fraction of sp³-hybridized carbons (Fsp3) is 0.615. The Hall–Kier alpha value is -1.13. The van der Waals surface area contributed by atoms with Crippen molar-refractivity contribution in [3.05, 3.63) is 23.4 Å². The van der Waals surface area contributed by atoms with Crippen molar-refractivity contribution >= 4 is 0 Å². The molecule has 96 valence electrons. The number of pyridine rings is 1. The Morgan fingerprint density at radius 2 is 1.94 bits per heavy atom. The van der Waals surface area contributed by atoms with Crippen molar-refractivity contribution in [2.75, 3.05) is 13.2 Å². The SMILES string of the molecule is Cc1ccc(CN)c(OCCOC(C)(C)C)n1. The predicted octanol–water partition coefficient (Wildman–Crippen LogP) is 2.04. The molecule has 0 aromatic carbocycles. The summed E-state index contributed by atoms with van der Waals surface area (Å²) in [4.78, 5) is 4.32. The Kier molecular flexibility index (Phi) is 4.90. The van der Waals surface area contributed by atoms with Gasteiger partial charge in [0.05, 0.1) is 12.2 Å². The second kappa shape index (κ2) is 5.98. The van der Waals surface area contributed by atoms with E-state index in [1.165, 1.54) is 0 Å². The molecule has 0 spiro atoms. The number of hydrogen-bond donors (Lipinski definition) is 1. The van der Waals surface area contributed by atoms with E-state index in [-0.39, 0.29) is 5.60 Å². The van der Waals surface area contributed by atoms with Gasteiger partial charge in [-0.3, -0.25) is 0 Å². The first kappa shape index (κ1) is 13.9. The number of aryl methyl sites for hydroxylation is 1. The maximum atomic E-state index is 5.62. The molecule has 0 radical (unpaired) electrons. The molecular formula is C13H22N2O2. The summed E-state index contributed by atoms with van der Waals surface area (Å²) < 4.78 is 11.2. The lowest BCUT2D eigenvalue weighted by Crippen LogP contribution is -2.22. The molecule has 0 saturated heterocycles. The van der Waals surface area contributed by atoms with Crippen molar-refractivity contribution in [1.29, 1.82) is 0 Å². The average molecular weight is 238 g/mol. The molecule has 0 fully saturated rings. The molecule has 4 nitrogen and oxygen atoms in total. The van der Waals surface area contributed by atoms with Crippen LogP contribution in [0.25, 0.3) is 0 Å². The van der Waals surface area contributed by atoms with Crippen LogP contribution < -0.4 is 10.5 Å². The smallest absolute Gasteiger partial charge is 0.218 e. The summed E-state index contributed by atoms with van der Waals surface area (Å²) in [6, 6.07) is 3.88. The van der Waals surface area contributed by atoms with E-state index >= 15 is 0 Å². The molecule has 17 heavy (non-hydrogen) atoms. The molecule has 1 rings (SSSR count). The summed E-state index contributed by atoms with van der Waals surface area (Å²) in [7, 11) is 0. The first-order chi connectivity index (χ1) is 7.92. The molecule has 0 atom stereocenters. The first-order valence-electron chi connectivity index (χ1n) is 5.86. The van der Waals surface area contributed by atoms with Crippen molar-refractivity contribution in [2.45, 2.75) is 39.8 Å². The van der Waals surface area contributed by atoms with Gasteiger partial charge in [-0.15, -0.1) is 0 Å². The number of rotatable bonds is 5. The van der Waals surface area contributed by atoms with E-state index in [1.807, 2.05) is 39.8 Å². The minimum Gasteiger partial charge on any atom is -0.475 e. The standard InChI is InChI=1S/C13H22N2O2/c1-10-5-6-11(9-14)12(15-10)16-7-8-17-13(2,3)4/h5-6H,7-9,14H2,1-4H3. The van der Waals surface area contributed by atoms with Crippen LogP contribution >= 0.6 is 0 Å². The van der Waals surface area contributed by atoms with Gasteiger partial charge in [0.1, 0.15) is 6.61 Å². The summed E-state index contributed by atoms with van der Waals surface area (Å²) in [6.45, 7) is 9.45. The monoisotopic (exact) mass is 238 g/mol. The lowest BCUT2D eigenvalue weighted by molar-refractivity contribution is -0.0169. The minimum atomic E-state index is -0.139. The van der Waals surface area contributed by atoms with E-state index in [0.29, 0.717) is 25.6 Å². The van der Waals surface area contributed by atoms with Crippen LogP contribution in [0.1, 0.15) is 32.0 Å². The number of ether oxygens (including phenoxy) is 2. The minimum absolute atomic E-state index is 0.139. The van der Waals surface area contributed by atoms with Gasteiger partial charge in [-0.05, 0) is 33.8 Å². The van der Waals surface area contributed by atoms with Gasteiger partial charge < -0.3 is 15.2 Å². The van der Waals surface area contributed by atoms with Crippen molar-refractivity contribution in [2.24, 2.45) is 5.73 Å². The highest BCUT2D eigenvalue weighted by atomic mass is 16.5. The molecule has 0 unspecified atom stereocenters. The van der Waals surface area contributed by atoms with E-state index < -0.39 is 0 Å². The van der Waals surface area contributed by atoms with E-state index in [9.17, 15) is 0 Å². The highest BCUT2D eigenvalue weighted by Crippen LogP contribution is 2.15. The second-order valence-electron chi connectivity index (χ2n) is 4.93. The fourth-order valence-corrected chi connectivity index (χ4v) is 1.33. The number of nitrogens with zero attached hydrogens (tertiary/aromatic N) is 1. The third-order valence-electron chi connectivity index (χ3n) is 2.16. The van der Waals surface area contributed by atoms with Gasteiger partial charge in [0.2, 0.25) is 5.88 Å². The van der Waals surface area contributed by atoms with Crippen molar-refractivity contribution in [3.63, 3.8) is 0 Å². The van der Waals surface area contributed by atoms with Crippen LogP contribution in [-0.4, -0.2) is 23.8 Å². The molecule has 1 aromatic rings. The third-order valence-corrected chi connectivity index (χ3v) is 2.16. The zero-order valence-corrected chi connectivity index (χ0v) is 11.1. The van der Waals surface area contributed by atoms with Gasteiger partial charge in [-0.1, -0.05) is 6.07 Å². The Bertz CT molecular complexity index is 359. The number of aromatic nitrogens is 1. The average Bonchev–Trinajstić information content (AvgIpc) is 2.23. The van der Waals surface area contributed by atoms with E-state index in [1.54, 1.807) is 0 Å². The fourth-order valence-electron chi connectivity index (χ4n) is 1.33. The Balaban J connectivity index is 2.48. The van der Waals surface area contributed by atoms with Gasteiger partial charge in [-0.2, -0.15) is 0 Å². The third kappa shape index (κ3) is 5.15. The normalized spacial score (nSPS) is 11.6. The lowest BCUT2D eigenvalue weighted by atomic mass is 10.2. The molecule has 2 N–H and O–H groups in total. The molecule has 1 heterocycles. The second-order valence-corrected chi connectivity index (χ2v) is 4.93. The largest absolute Gasteiger partial charge is 0.475 e. The van der Waals surface area contributed by atoms with Crippen LogP contribution in [0.3, 0.4) is 0 Å². The number of hydrogen-bond acceptors (Lipinski definition) is 4. The summed E-state index contributed by atoms with van der Waals surface area (Å²) in [6.07, 6.45) is 0. The highest BCUT2D eigenvalue weighted by Gasteiger charge is 2.10. The number of nitrogens with two attached hydrogens (primary N) is 1. The van der Waals surface area contributed by atoms with Crippen LogP contribution in [0.4, 0.5) is 0 Å². The highest BCUT2D eigenvalue weighted by molar-refractivity contribution is 5.27.